The number of nitrogens with zero attached hydrogens (tertiary/aromatic N) is 7. The van der Waals surface area contributed by atoms with Crippen molar-refractivity contribution in [1.29, 1.82) is 0 Å². The molecule has 1 aliphatic heterocycles. The summed E-state index contributed by atoms with van der Waals surface area (Å²) in [6.07, 6.45) is 13.1. The van der Waals surface area contributed by atoms with Gasteiger partial charge in [0.05, 0.1) is 38.1 Å². The lowest BCUT2D eigenvalue weighted by molar-refractivity contribution is -0.884. The number of methoxy groups -OCH3 is 1. The second kappa shape index (κ2) is 11.0. The molecule has 1 N–H and O–H groups in total. The van der Waals surface area contributed by atoms with Crippen LogP contribution in [0, 0.1) is 16.6 Å². The van der Waals surface area contributed by atoms with Crippen molar-refractivity contribution in [1.82, 2.24) is 29.9 Å². The van der Waals surface area contributed by atoms with E-state index in [9.17, 15) is 9.60 Å². The molecule has 4 saturated carbocycles. The molecule has 0 aromatic carbocycles. The van der Waals surface area contributed by atoms with Gasteiger partial charge in [0.1, 0.15) is 18.2 Å². The summed E-state index contributed by atoms with van der Waals surface area (Å²) in [5, 5.41) is 16.4. The molecule has 3 aromatic heterocycles. The molecule has 2 bridgehead atoms. The number of aromatic nitrogens is 6. The number of ether oxygens (including phenoxy) is 1. The van der Waals surface area contributed by atoms with Crippen molar-refractivity contribution in [2.45, 2.75) is 88.4 Å². The van der Waals surface area contributed by atoms with E-state index in [1.807, 2.05) is 13.0 Å². The Kier molecular flexibility index (Phi) is 7.28. The Hall–Kier alpha value is -3.31. The van der Waals surface area contributed by atoms with Crippen molar-refractivity contribution in [2.75, 3.05) is 38.6 Å². The number of halogens is 1. The van der Waals surface area contributed by atoms with E-state index in [2.05, 4.69) is 30.2 Å². The lowest BCUT2D eigenvalue weighted by Gasteiger charge is -2.54. The Labute approximate surface area is 252 Å². The number of nitrogens with one attached hydrogen (secondary N) is 1. The van der Waals surface area contributed by atoms with Gasteiger partial charge in [0, 0.05) is 30.7 Å². The van der Waals surface area contributed by atoms with E-state index in [-0.39, 0.29) is 21.4 Å². The first-order valence-electron chi connectivity index (χ1n) is 15.9. The number of fused-ring (bicyclic) bond motifs is 3. The molecule has 4 heterocycles. The number of likely N-dealkylation sites (tertiary alicyclic amines) is 1. The molecule has 10 nitrogen and oxygen atoms in total. The monoisotopic (exact) mass is 588 g/mol. The molecule has 0 atom stereocenters. The second-order valence-corrected chi connectivity index (χ2v) is 13.4. The number of quaternary nitrogens is 1. The molecular formula is C32H41FN8O2. The minimum Gasteiger partial charge on any atom is -0.633 e. The van der Waals surface area contributed by atoms with Crippen LogP contribution in [0.15, 0.2) is 24.8 Å². The van der Waals surface area contributed by atoms with Gasteiger partial charge in [-0.1, -0.05) is 6.07 Å². The van der Waals surface area contributed by atoms with Gasteiger partial charge in [0.25, 0.3) is 0 Å². The van der Waals surface area contributed by atoms with E-state index in [4.69, 9.17) is 9.72 Å². The number of piperidine rings is 1. The molecule has 0 spiro atoms. The zero-order valence-electron chi connectivity index (χ0n) is 25.2. The molecule has 43 heavy (non-hydrogen) atoms. The van der Waals surface area contributed by atoms with Crippen LogP contribution in [0.2, 0.25) is 0 Å². The third-order valence-electron chi connectivity index (χ3n) is 11.0. The van der Waals surface area contributed by atoms with E-state index in [1.165, 1.54) is 18.0 Å². The van der Waals surface area contributed by atoms with Crippen LogP contribution in [0.25, 0.3) is 11.4 Å². The van der Waals surface area contributed by atoms with Crippen LogP contribution in [0.3, 0.4) is 0 Å². The van der Waals surface area contributed by atoms with Gasteiger partial charge < -0.3 is 19.9 Å². The summed E-state index contributed by atoms with van der Waals surface area (Å²) in [4.78, 5) is 27.1. The first-order valence-corrected chi connectivity index (χ1v) is 15.9. The third-order valence-corrected chi connectivity index (χ3v) is 11.0. The average molecular weight is 589 g/mol. The molecule has 0 amide bonds. The van der Waals surface area contributed by atoms with Crippen molar-refractivity contribution in [3.05, 3.63) is 52.9 Å². The van der Waals surface area contributed by atoms with E-state index in [0.29, 0.717) is 43.2 Å². The SMILES string of the molecule is CC[N+]1([O-])CCC(c2ccc(F)nc2C23CCC(CNc4ncnc(-c5c(OC)ncnc5C5CC5)n4)(CC2)CC3)CC1. The standard InChI is InChI=1S/C32H41FN8O2/c1-3-41(42)16-8-21(9-17-41)23-6-7-24(33)39-27(23)32-13-10-31(11-14-32,12-15-32)18-34-30-38-20-36-28(40-30)25-26(22-4-5-22)35-19-37-29(25)43-2/h6-7,19-22H,3-5,8-18H2,1-2H3,(H,34,36,38,40). The summed E-state index contributed by atoms with van der Waals surface area (Å²) >= 11 is 0. The maximum absolute atomic E-state index is 14.6. The summed E-state index contributed by atoms with van der Waals surface area (Å²) in [6, 6.07) is 3.47. The largest absolute Gasteiger partial charge is 0.633 e. The predicted molar refractivity (Wildman–Crippen MR) is 160 cm³/mol. The molecule has 228 valence electrons. The molecule has 11 heteroatoms. The van der Waals surface area contributed by atoms with Crippen LogP contribution in [-0.2, 0) is 5.41 Å². The first-order chi connectivity index (χ1) is 20.8. The molecule has 0 radical (unpaired) electrons. The second-order valence-electron chi connectivity index (χ2n) is 13.4. The van der Waals surface area contributed by atoms with Crippen LogP contribution in [-0.4, -0.2) is 67.8 Å². The topological polar surface area (TPSA) is 122 Å². The lowest BCUT2D eigenvalue weighted by Crippen LogP contribution is -2.49. The van der Waals surface area contributed by atoms with Gasteiger partial charge in [0.15, 0.2) is 5.82 Å². The quantitative estimate of drug-likeness (QED) is 0.192. The third kappa shape index (κ3) is 5.35. The van der Waals surface area contributed by atoms with Gasteiger partial charge in [-0.2, -0.15) is 9.37 Å². The van der Waals surface area contributed by atoms with E-state index in [0.717, 1.165) is 87.7 Å². The van der Waals surface area contributed by atoms with Crippen molar-refractivity contribution >= 4 is 5.95 Å². The average Bonchev–Trinajstić information content (AvgIpc) is 3.91. The van der Waals surface area contributed by atoms with Gasteiger partial charge in [0.2, 0.25) is 17.8 Å². The van der Waals surface area contributed by atoms with Gasteiger partial charge in [-0.3, -0.25) is 0 Å². The fraction of sp³-hybridized carbons (Fsp3) is 0.625. The fourth-order valence-corrected chi connectivity index (χ4v) is 7.93. The van der Waals surface area contributed by atoms with E-state index >= 15 is 0 Å². The van der Waals surface area contributed by atoms with Gasteiger partial charge in [-0.05, 0) is 81.3 Å². The normalized spacial score (nSPS) is 30.3. The summed E-state index contributed by atoms with van der Waals surface area (Å²) in [5.74, 6) is 1.84. The molecule has 1 saturated heterocycles. The number of hydrogen-bond donors (Lipinski definition) is 1. The maximum Gasteiger partial charge on any atom is 0.227 e. The van der Waals surface area contributed by atoms with Crippen molar-refractivity contribution in [2.24, 2.45) is 5.41 Å². The number of anilines is 1. The highest BCUT2D eigenvalue weighted by Gasteiger charge is 2.51. The van der Waals surface area contributed by atoms with Crippen LogP contribution in [0.4, 0.5) is 10.3 Å². The molecule has 8 rings (SSSR count). The fourth-order valence-electron chi connectivity index (χ4n) is 7.93. The van der Waals surface area contributed by atoms with Gasteiger partial charge >= 0.3 is 0 Å². The Morgan fingerprint density at radius 1 is 0.930 bits per heavy atom. The van der Waals surface area contributed by atoms with Crippen LogP contribution >= 0.6 is 0 Å². The van der Waals surface area contributed by atoms with Crippen LogP contribution in [0.1, 0.15) is 99.9 Å². The Morgan fingerprint density at radius 2 is 1.65 bits per heavy atom. The van der Waals surface area contributed by atoms with Crippen LogP contribution in [0.5, 0.6) is 5.88 Å². The molecule has 5 aliphatic rings. The lowest BCUT2D eigenvalue weighted by atomic mass is 9.52. The minimum absolute atomic E-state index is 0.0891. The molecular weight excluding hydrogens is 547 g/mol. The maximum atomic E-state index is 14.6. The summed E-state index contributed by atoms with van der Waals surface area (Å²) < 4.78 is 20.1. The Bertz CT molecular complexity index is 1470. The zero-order chi connectivity index (χ0) is 29.7. The minimum atomic E-state index is -0.397. The highest BCUT2D eigenvalue weighted by atomic mass is 19.1. The first kappa shape index (κ1) is 28.5. The van der Waals surface area contributed by atoms with Crippen molar-refractivity contribution in [3.63, 3.8) is 0 Å². The Morgan fingerprint density at radius 3 is 2.33 bits per heavy atom. The number of rotatable bonds is 9. The van der Waals surface area contributed by atoms with E-state index in [1.54, 1.807) is 13.4 Å². The zero-order valence-corrected chi connectivity index (χ0v) is 25.2. The number of hydrogen-bond acceptors (Lipinski definition) is 9. The smallest absolute Gasteiger partial charge is 0.227 e. The number of hydroxylamine groups is 3. The highest BCUT2D eigenvalue weighted by Crippen LogP contribution is 2.58. The van der Waals surface area contributed by atoms with E-state index < -0.39 is 5.95 Å². The predicted octanol–water partition coefficient (Wildman–Crippen LogP) is 5.66. The van der Waals surface area contributed by atoms with Crippen molar-refractivity contribution < 1.29 is 13.8 Å². The summed E-state index contributed by atoms with van der Waals surface area (Å²) in [7, 11) is 1.61. The van der Waals surface area contributed by atoms with Crippen molar-refractivity contribution in [3.8, 4) is 17.3 Å². The van der Waals surface area contributed by atoms with Gasteiger partial charge in [-0.25, -0.2) is 24.9 Å². The summed E-state index contributed by atoms with van der Waals surface area (Å²) in [5.41, 5.74) is 3.89. The molecule has 4 aliphatic carbocycles. The molecule has 0 unspecified atom stereocenters. The van der Waals surface area contributed by atoms with Crippen LogP contribution < -0.4 is 10.1 Å². The highest BCUT2D eigenvalue weighted by molar-refractivity contribution is 5.66. The molecule has 5 fully saturated rings. The number of pyridine rings is 1. The van der Waals surface area contributed by atoms with Gasteiger partial charge in [-0.15, -0.1) is 0 Å². The molecule has 3 aromatic rings. The Balaban J connectivity index is 1.06. The summed E-state index contributed by atoms with van der Waals surface area (Å²) in [6.45, 7) is 4.62.